The van der Waals surface area contributed by atoms with Crippen LogP contribution >= 0.6 is 0 Å². The highest BCUT2D eigenvalue weighted by Crippen LogP contribution is 2.37. The lowest BCUT2D eigenvalue weighted by Gasteiger charge is -2.34. The Morgan fingerprint density at radius 3 is 2.29 bits per heavy atom. The molecule has 2 heterocycles. The minimum absolute atomic E-state index is 0.0750. The maximum Gasteiger partial charge on any atom is 0.417 e. The lowest BCUT2D eigenvalue weighted by atomic mass is 10.0. The van der Waals surface area contributed by atoms with Crippen molar-refractivity contribution in [1.29, 1.82) is 5.26 Å². The van der Waals surface area contributed by atoms with Gasteiger partial charge in [-0.3, -0.25) is 9.59 Å². The zero-order valence-electron chi connectivity index (χ0n) is 22.2. The Labute approximate surface area is 235 Å². The molecule has 8 nitrogen and oxygen atoms in total. The SMILES string of the molecule is CC1=C(CCCCCN2CCN(S(=O)(=O)c3cccc(F)c3)CC2)C(=O)N(c2ccc(C#N)c(C(F)(F)F)c2)C1=O. The molecule has 0 unspecified atom stereocenters. The largest absolute Gasteiger partial charge is 0.417 e. The molecule has 13 heteroatoms. The van der Waals surface area contributed by atoms with Crippen LogP contribution in [0.1, 0.15) is 43.7 Å². The van der Waals surface area contributed by atoms with Crippen molar-refractivity contribution in [2.45, 2.75) is 43.7 Å². The minimum Gasteiger partial charge on any atom is -0.301 e. The van der Waals surface area contributed by atoms with Gasteiger partial charge >= 0.3 is 6.18 Å². The molecule has 0 spiro atoms. The number of halogens is 4. The number of nitrogens with zero attached hydrogens (tertiary/aromatic N) is 4. The Bertz CT molecular complexity index is 1520. The van der Waals surface area contributed by atoms with Gasteiger partial charge in [-0.25, -0.2) is 17.7 Å². The second-order valence-corrected chi connectivity index (χ2v) is 11.8. The molecule has 0 saturated carbocycles. The van der Waals surface area contributed by atoms with E-state index in [0.717, 1.165) is 35.9 Å². The molecule has 0 atom stereocenters. The van der Waals surface area contributed by atoms with Crippen molar-refractivity contribution >= 4 is 27.5 Å². The first-order valence-corrected chi connectivity index (χ1v) is 14.5. The summed E-state index contributed by atoms with van der Waals surface area (Å²) in [5, 5.41) is 9.00. The van der Waals surface area contributed by atoms with E-state index in [1.807, 2.05) is 0 Å². The van der Waals surface area contributed by atoms with E-state index in [2.05, 4.69) is 4.90 Å². The molecule has 0 N–H and O–H groups in total. The summed E-state index contributed by atoms with van der Waals surface area (Å²) >= 11 is 0. The highest BCUT2D eigenvalue weighted by molar-refractivity contribution is 7.89. The van der Waals surface area contributed by atoms with Crippen LogP contribution in [0.15, 0.2) is 58.5 Å². The van der Waals surface area contributed by atoms with Crippen LogP contribution in [0.3, 0.4) is 0 Å². The van der Waals surface area contributed by atoms with Crippen molar-refractivity contribution in [3.63, 3.8) is 0 Å². The topological polar surface area (TPSA) is 102 Å². The van der Waals surface area contributed by atoms with Gasteiger partial charge in [0.15, 0.2) is 0 Å². The number of hydrogen-bond donors (Lipinski definition) is 0. The van der Waals surface area contributed by atoms with Gasteiger partial charge in [-0.2, -0.15) is 22.7 Å². The average molecular weight is 593 g/mol. The number of hydrogen-bond acceptors (Lipinski definition) is 6. The molecule has 4 rings (SSSR count). The molecule has 2 aliphatic heterocycles. The van der Waals surface area contributed by atoms with E-state index in [1.54, 1.807) is 0 Å². The molecule has 41 heavy (non-hydrogen) atoms. The van der Waals surface area contributed by atoms with E-state index >= 15 is 0 Å². The fourth-order valence-corrected chi connectivity index (χ4v) is 6.45. The zero-order chi connectivity index (χ0) is 29.9. The molecule has 2 amide bonds. The molecule has 2 aromatic rings. The normalized spacial score (nSPS) is 17.4. The van der Waals surface area contributed by atoms with Crippen LogP contribution in [0.4, 0.5) is 23.2 Å². The van der Waals surface area contributed by atoms with Crippen LogP contribution in [0.5, 0.6) is 0 Å². The van der Waals surface area contributed by atoms with Gasteiger partial charge in [-0.05, 0) is 69.1 Å². The lowest BCUT2D eigenvalue weighted by molar-refractivity contribution is -0.138. The number of nitriles is 1. The van der Waals surface area contributed by atoms with Crippen molar-refractivity contribution in [1.82, 2.24) is 9.21 Å². The molecular weight excluding hydrogens is 564 g/mol. The monoisotopic (exact) mass is 592 g/mol. The zero-order valence-corrected chi connectivity index (χ0v) is 23.1. The molecular formula is C28H28F4N4O4S. The summed E-state index contributed by atoms with van der Waals surface area (Å²) in [4.78, 5) is 28.5. The number of sulfonamides is 1. The molecule has 0 aromatic heterocycles. The Kier molecular flexibility index (Phi) is 8.96. The summed E-state index contributed by atoms with van der Waals surface area (Å²) in [7, 11) is -3.77. The van der Waals surface area contributed by atoms with Crippen LogP contribution in [-0.4, -0.2) is 62.2 Å². The summed E-state index contributed by atoms with van der Waals surface area (Å²) in [6.07, 6.45) is -2.47. The molecule has 218 valence electrons. The summed E-state index contributed by atoms with van der Waals surface area (Å²) in [6.45, 7) is 3.78. The van der Waals surface area contributed by atoms with E-state index in [9.17, 15) is 35.6 Å². The van der Waals surface area contributed by atoms with Crippen LogP contribution in [0.2, 0.25) is 0 Å². The fraction of sp³-hybridized carbons (Fsp3) is 0.393. The van der Waals surface area contributed by atoms with Gasteiger partial charge in [0.05, 0.1) is 27.8 Å². The number of unbranched alkanes of at least 4 members (excludes halogenated alkanes) is 2. The number of anilines is 1. The van der Waals surface area contributed by atoms with Gasteiger partial charge in [-0.1, -0.05) is 12.5 Å². The first-order chi connectivity index (χ1) is 19.3. The quantitative estimate of drug-likeness (QED) is 0.242. The van der Waals surface area contributed by atoms with Crippen molar-refractivity contribution in [2.24, 2.45) is 0 Å². The van der Waals surface area contributed by atoms with E-state index < -0.39 is 45.0 Å². The number of rotatable bonds is 9. The third-order valence-electron chi connectivity index (χ3n) is 7.29. The fourth-order valence-electron chi connectivity index (χ4n) is 5.00. The molecule has 1 saturated heterocycles. The van der Waals surface area contributed by atoms with Gasteiger partial charge in [-0.15, -0.1) is 0 Å². The highest BCUT2D eigenvalue weighted by Gasteiger charge is 2.39. The predicted octanol–water partition coefficient (Wildman–Crippen LogP) is 4.47. The van der Waals surface area contributed by atoms with Crippen LogP contribution in [0.25, 0.3) is 0 Å². The second kappa shape index (κ2) is 12.1. The Morgan fingerprint density at radius 1 is 0.951 bits per heavy atom. The van der Waals surface area contributed by atoms with Crippen LogP contribution < -0.4 is 4.90 Å². The first-order valence-electron chi connectivity index (χ1n) is 13.0. The molecule has 2 aliphatic rings. The number of benzene rings is 2. The Balaban J connectivity index is 1.26. The van der Waals surface area contributed by atoms with Gasteiger partial charge in [0.1, 0.15) is 5.82 Å². The molecule has 1 fully saturated rings. The summed E-state index contributed by atoms with van der Waals surface area (Å²) in [6, 6.07) is 9.15. The van der Waals surface area contributed by atoms with Crippen molar-refractivity contribution < 1.29 is 35.6 Å². The molecule has 2 aromatic carbocycles. The third-order valence-corrected chi connectivity index (χ3v) is 9.19. The number of amides is 2. The van der Waals surface area contributed by atoms with E-state index in [4.69, 9.17) is 5.26 Å². The van der Waals surface area contributed by atoms with E-state index in [0.29, 0.717) is 32.1 Å². The van der Waals surface area contributed by atoms with Crippen molar-refractivity contribution in [3.8, 4) is 6.07 Å². The van der Waals surface area contributed by atoms with Crippen molar-refractivity contribution in [2.75, 3.05) is 37.6 Å². The number of alkyl halides is 3. The number of imide groups is 1. The average Bonchev–Trinajstić information content (AvgIpc) is 3.15. The van der Waals surface area contributed by atoms with Gasteiger partial charge in [0.25, 0.3) is 11.8 Å². The standard InChI is InChI=1S/C28H28F4N4O4S/c1-19-24(27(38)36(26(19)37)22-10-9-20(18-33)25(17-22)28(30,31)32)8-3-2-4-11-34-12-14-35(15-13-34)41(39,40)23-7-5-6-21(29)16-23/h5-7,9-10,16-17H,2-4,8,11-15H2,1H3. The maximum absolute atomic E-state index is 13.5. The van der Waals surface area contributed by atoms with Gasteiger partial charge in [0.2, 0.25) is 10.0 Å². The maximum atomic E-state index is 13.5. The Morgan fingerprint density at radius 2 is 1.66 bits per heavy atom. The smallest absolute Gasteiger partial charge is 0.301 e. The summed E-state index contributed by atoms with van der Waals surface area (Å²) < 4.78 is 80.5. The number of carbonyl (C=O) groups is 2. The molecule has 0 radical (unpaired) electrons. The van der Waals surface area contributed by atoms with E-state index in [1.165, 1.54) is 35.5 Å². The lowest BCUT2D eigenvalue weighted by Crippen LogP contribution is -2.48. The first kappa shape index (κ1) is 30.4. The minimum atomic E-state index is -4.82. The van der Waals surface area contributed by atoms with E-state index in [-0.39, 0.29) is 41.2 Å². The summed E-state index contributed by atoms with van der Waals surface area (Å²) in [5.74, 6) is -1.97. The highest BCUT2D eigenvalue weighted by atomic mass is 32.2. The molecule has 0 aliphatic carbocycles. The molecule has 0 bridgehead atoms. The second-order valence-electron chi connectivity index (χ2n) is 9.90. The van der Waals surface area contributed by atoms with Crippen LogP contribution in [-0.2, 0) is 25.8 Å². The number of carbonyl (C=O) groups excluding carboxylic acids is 2. The van der Waals surface area contributed by atoms with Crippen molar-refractivity contribution in [3.05, 3.63) is 70.6 Å². The van der Waals surface area contributed by atoms with Crippen LogP contribution in [0, 0.1) is 17.1 Å². The predicted molar refractivity (Wildman–Crippen MR) is 141 cm³/mol. The van der Waals surface area contributed by atoms with Gasteiger partial charge < -0.3 is 4.90 Å². The number of piperazine rings is 1. The summed E-state index contributed by atoms with van der Waals surface area (Å²) in [5.41, 5.74) is -1.61. The van der Waals surface area contributed by atoms with Gasteiger partial charge in [0, 0.05) is 37.3 Å². The Hall–Kier alpha value is -3.60. The third kappa shape index (κ3) is 6.50.